The van der Waals surface area contributed by atoms with Crippen molar-refractivity contribution in [2.45, 2.75) is 20.0 Å². The van der Waals surface area contributed by atoms with E-state index in [4.69, 9.17) is 32.7 Å². The van der Waals surface area contributed by atoms with E-state index in [2.05, 4.69) is 5.32 Å². The number of hydrogen-bond acceptors (Lipinski definition) is 4. The number of esters is 1. The Morgan fingerprint density at radius 3 is 2.50 bits per heavy atom. The van der Waals surface area contributed by atoms with E-state index in [-0.39, 0.29) is 15.6 Å². The quantitative estimate of drug-likeness (QED) is 0.587. The Hall–Kier alpha value is -2.31. The van der Waals surface area contributed by atoms with Crippen LogP contribution in [0.5, 0.6) is 5.75 Å². The van der Waals surface area contributed by atoms with E-state index in [0.717, 1.165) is 17.7 Å². The van der Waals surface area contributed by atoms with Gasteiger partial charge in [-0.2, -0.15) is 0 Å². The Bertz CT molecular complexity index is 857. The van der Waals surface area contributed by atoms with Gasteiger partial charge >= 0.3 is 5.97 Å². The van der Waals surface area contributed by atoms with Crippen molar-refractivity contribution < 1.29 is 23.5 Å². The number of hydrogen-bond donors (Lipinski definition) is 1. The molecule has 0 bridgehead atoms. The maximum Gasteiger partial charge on any atom is 0.340 e. The zero-order chi connectivity index (χ0) is 19.4. The minimum absolute atomic E-state index is 0.0747. The van der Waals surface area contributed by atoms with Crippen LogP contribution in [0.25, 0.3) is 0 Å². The summed E-state index contributed by atoms with van der Waals surface area (Å²) < 4.78 is 23.8. The number of halogens is 3. The zero-order valence-electron chi connectivity index (χ0n) is 14.2. The topological polar surface area (TPSA) is 64.6 Å². The van der Waals surface area contributed by atoms with E-state index >= 15 is 0 Å². The normalized spacial score (nSPS) is 11.6. The van der Waals surface area contributed by atoms with Crippen molar-refractivity contribution in [1.29, 1.82) is 0 Å². The third-order valence-corrected chi connectivity index (χ3v) is 4.10. The van der Waals surface area contributed by atoms with Crippen LogP contribution in [0.4, 0.5) is 10.1 Å². The molecule has 1 N–H and O–H groups in total. The Kier molecular flexibility index (Phi) is 6.45. The van der Waals surface area contributed by atoms with Crippen LogP contribution in [-0.4, -0.2) is 25.1 Å². The van der Waals surface area contributed by atoms with Crippen molar-refractivity contribution in [1.82, 2.24) is 0 Å². The van der Waals surface area contributed by atoms with Gasteiger partial charge in [0, 0.05) is 0 Å². The Morgan fingerprint density at radius 1 is 1.15 bits per heavy atom. The first-order chi connectivity index (χ1) is 12.2. The van der Waals surface area contributed by atoms with Crippen molar-refractivity contribution in [2.75, 3.05) is 12.4 Å². The minimum atomic E-state index is -1.15. The fraction of sp³-hybridized carbons (Fsp3) is 0.222. The lowest BCUT2D eigenvalue weighted by atomic mass is 10.2. The molecule has 2 aromatic rings. The summed E-state index contributed by atoms with van der Waals surface area (Å²) >= 11 is 11.5. The molecule has 0 aliphatic carbocycles. The fourth-order valence-electron chi connectivity index (χ4n) is 2.11. The number of carbonyl (C=O) groups excluding carboxylic acids is 2. The summed E-state index contributed by atoms with van der Waals surface area (Å²) in [7, 11) is 1.47. The first-order valence-corrected chi connectivity index (χ1v) is 8.29. The lowest BCUT2D eigenvalue weighted by Crippen LogP contribution is -2.30. The number of amides is 1. The summed E-state index contributed by atoms with van der Waals surface area (Å²) in [4.78, 5) is 24.4. The van der Waals surface area contributed by atoms with Gasteiger partial charge in [-0.1, -0.05) is 29.3 Å². The summed E-state index contributed by atoms with van der Waals surface area (Å²) in [5.41, 5.74) is 1.13. The number of rotatable bonds is 5. The van der Waals surface area contributed by atoms with Crippen molar-refractivity contribution in [2.24, 2.45) is 0 Å². The van der Waals surface area contributed by atoms with E-state index in [9.17, 15) is 14.0 Å². The van der Waals surface area contributed by atoms with Gasteiger partial charge in [0.1, 0.15) is 11.6 Å². The molecule has 0 spiro atoms. The predicted molar refractivity (Wildman–Crippen MR) is 97.7 cm³/mol. The third kappa shape index (κ3) is 4.65. The van der Waals surface area contributed by atoms with E-state index < -0.39 is 23.8 Å². The van der Waals surface area contributed by atoms with E-state index in [0.29, 0.717) is 11.4 Å². The average molecular weight is 400 g/mol. The van der Waals surface area contributed by atoms with Crippen LogP contribution in [-0.2, 0) is 9.53 Å². The van der Waals surface area contributed by atoms with Crippen LogP contribution in [0, 0.1) is 12.7 Å². The van der Waals surface area contributed by atoms with Gasteiger partial charge in [-0.3, -0.25) is 4.79 Å². The second kappa shape index (κ2) is 8.38. The maximum atomic E-state index is 13.5. The molecule has 0 saturated heterocycles. The molecule has 5 nitrogen and oxygen atoms in total. The van der Waals surface area contributed by atoms with Gasteiger partial charge in [-0.25, -0.2) is 9.18 Å². The Morgan fingerprint density at radius 2 is 1.85 bits per heavy atom. The number of aryl methyl sites for hydroxylation is 1. The Labute approximate surface area is 160 Å². The molecular weight excluding hydrogens is 384 g/mol. The summed E-state index contributed by atoms with van der Waals surface area (Å²) in [5.74, 6) is -1.87. The molecule has 1 amide bonds. The summed E-state index contributed by atoms with van der Waals surface area (Å²) in [6.07, 6.45) is -1.15. The number of anilines is 1. The Balaban J connectivity index is 2.11. The van der Waals surface area contributed by atoms with Crippen LogP contribution in [0.1, 0.15) is 22.8 Å². The smallest absolute Gasteiger partial charge is 0.340 e. The van der Waals surface area contributed by atoms with Gasteiger partial charge in [-0.05, 0) is 43.7 Å². The van der Waals surface area contributed by atoms with Gasteiger partial charge in [0.15, 0.2) is 6.10 Å². The SMILES string of the molecule is COc1ccc(C)cc1NC(=O)[C@@H](C)OC(=O)c1cc(F)c(Cl)cc1Cl. The van der Waals surface area contributed by atoms with E-state index in [1.807, 2.05) is 13.0 Å². The molecule has 0 aromatic heterocycles. The van der Waals surface area contributed by atoms with Gasteiger partial charge in [0.25, 0.3) is 5.91 Å². The molecule has 0 heterocycles. The van der Waals surface area contributed by atoms with Crippen LogP contribution < -0.4 is 10.1 Å². The standard InChI is InChI=1S/C18H16Cl2FNO4/c1-9-4-5-16(25-3)15(6-9)22-17(23)10(2)26-18(24)11-7-14(21)13(20)8-12(11)19/h4-8,10H,1-3H3,(H,22,23)/t10-/m1/s1. The minimum Gasteiger partial charge on any atom is -0.495 e. The molecule has 0 radical (unpaired) electrons. The molecule has 0 aliphatic heterocycles. The molecule has 8 heteroatoms. The third-order valence-electron chi connectivity index (χ3n) is 3.50. The summed E-state index contributed by atoms with van der Waals surface area (Å²) in [6, 6.07) is 7.21. The largest absolute Gasteiger partial charge is 0.495 e. The van der Waals surface area contributed by atoms with Crippen LogP contribution in [0.2, 0.25) is 10.0 Å². The number of methoxy groups -OCH3 is 1. The van der Waals surface area contributed by atoms with Gasteiger partial charge < -0.3 is 14.8 Å². The monoisotopic (exact) mass is 399 g/mol. The lowest BCUT2D eigenvalue weighted by Gasteiger charge is -2.16. The molecule has 138 valence electrons. The second-order valence-corrected chi connectivity index (χ2v) is 6.30. The molecular formula is C18H16Cl2FNO4. The van der Waals surface area contributed by atoms with Crippen molar-refractivity contribution in [3.05, 3.63) is 57.3 Å². The van der Waals surface area contributed by atoms with Gasteiger partial charge in [0.2, 0.25) is 0 Å². The zero-order valence-corrected chi connectivity index (χ0v) is 15.7. The van der Waals surface area contributed by atoms with Crippen molar-refractivity contribution in [3.8, 4) is 5.75 Å². The number of ether oxygens (including phenoxy) is 2. The summed E-state index contributed by atoms with van der Waals surface area (Å²) in [6.45, 7) is 3.24. The molecule has 2 aromatic carbocycles. The maximum absolute atomic E-state index is 13.5. The van der Waals surface area contributed by atoms with Crippen LogP contribution >= 0.6 is 23.2 Å². The number of nitrogens with one attached hydrogen (secondary N) is 1. The van der Waals surface area contributed by atoms with Gasteiger partial charge in [-0.15, -0.1) is 0 Å². The number of carbonyl (C=O) groups is 2. The predicted octanol–water partition coefficient (Wildman–Crippen LogP) is 4.63. The molecule has 26 heavy (non-hydrogen) atoms. The lowest BCUT2D eigenvalue weighted by molar-refractivity contribution is -0.123. The highest BCUT2D eigenvalue weighted by molar-refractivity contribution is 6.36. The molecule has 0 aliphatic rings. The second-order valence-electron chi connectivity index (χ2n) is 5.49. The van der Waals surface area contributed by atoms with Crippen LogP contribution in [0.3, 0.4) is 0 Å². The first kappa shape index (κ1) is 20.0. The van der Waals surface area contributed by atoms with E-state index in [1.165, 1.54) is 14.0 Å². The van der Waals surface area contributed by atoms with Crippen molar-refractivity contribution >= 4 is 40.8 Å². The highest BCUT2D eigenvalue weighted by Gasteiger charge is 2.22. The van der Waals surface area contributed by atoms with Gasteiger partial charge in [0.05, 0.1) is 28.4 Å². The highest BCUT2D eigenvalue weighted by atomic mass is 35.5. The fourth-order valence-corrected chi connectivity index (χ4v) is 2.57. The highest BCUT2D eigenvalue weighted by Crippen LogP contribution is 2.27. The molecule has 0 fully saturated rings. The number of benzene rings is 2. The molecule has 0 unspecified atom stereocenters. The molecule has 0 saturated carbocycles. The summed E-state index contributed by atoms with van der Waals surface area (Å²) in [5, 5.41) is 2.33. The molecule has 2 rings (SSSR count). The van der Waals surface area contributed by atoms with Crippen LogP contribution in [0.15, 0.2) is 30.3 Å². The first-order valence-electron chi connectivity index (χ1n) is 7.54. The van der Waals surface area contributed by atoms with Crippen molar-refractivity contribution in [3.63, 3.8) is 0 Å². The average Bonchev–Trinajstić information content (AvgIpc) is 2.58. The van der Waals surface area contributed by atoms with E-state index in [1.54, 1.807) is 12.1 Å². The molecule has 1 atom stereocenters.